The Morgan fingerprint density at radius 1 is 1.11 bits per heavy atom. The zero-order valence-corrected chi connectivity index (χ0v) is 20.0. The molecule has 0 bridgehead atoms. The third-order valence-electron chi connectivity index (χ3n) is 5.84. The van der Waals surface area contributed by atoms with E-state index >= 15 is 0 Å². The Balaban J connectivity index is 1.56. The van der Waals surface area contributed by atoms with Crippen molar-refractivity contribution in [3.63, 3.8) is 0 Å². The molecule has 0 unspecified atom stereocenters. The fourth-order valence-corrected chi connectivity index (χ4v) is 3.94. The Morgan fingerprint density at radius 2 is 1.86 bits per heavy atom. The number of nitro benzene ring substituents is 1. The first-order chi connectivity index (χ1) is 17.3. The Morgan fingerprint density at radius 3 is 2.53 bits per heavy atom. The van der Waals surface area contributed by atoms with Gasteiger partial charge in [0, 0.05) is 53.7 Å². The van der Waals surface area contributed by atoms with Gasteiger partial charge in [-0.2, -0.15) is 0 Å². The number of anilines is 1. The van der Waals surface area contributed by atoms with Crippen LogP contribution in [0.2, 0.25) is 0 Å². The molecule has 0 spiro atoms. The second kappa shape index (κ2) is 10.3. The van der Waals surface area contributed by atoms with Crippen LogP contribution in [0.4, 0.5) is 11.4 Å². The summed E-state index contributed by atoms with van der Waals surface area (Å²) in [6, 6.07) is 15.9. The van der Waals surface area contributed by atoms with Crippen molar-refractivity contribution in [1.82, 2.24) is 4.90 Å². The largest absolute Gasteiger partial charge is 0.497 e. The summed E-state index contributed by atoms with van der Waals surface area (Å²) in [5, 5.41) is 13.6. The van der Waals surface area contributed by atoms with E-state index in [0.29, 0.717) is 29.5 Å². The SMILES string of the molecule is COc1ccc(CN2Cc3cc(NC(=O)c4ccc([N+](=O)[O-])cc4)ccc3O[C@@H](C)C2=O)c(OC)c1. The zero-order chi connectivity index (χ0) is 25.8. The molecule has 1 aliphatic rings. The number of methoxy groups -OCH3 is 2. The third kappa shape index (κ3) is 5.22. The molecule has 1 N–H and O–H groups in total. The maximum Gasteiger partial charge on any atom is 0.269 e. The second-order valence-corrected chi connectivity index (χ2v) is 8.21. The maximum absolute atomic E-state index is 13.1. The molecule has 10 heteroatoms. The van der Waals surface area contributed by atoms with Gasteiger partial charge in [0.05, 0.1) is 19.1 Å². The van der Waals surface area contributed by atoms with Crippen molar-refractivity contribution in [3.8, 4) is 17.2 Å². The number of non-ortho nitro benzene ring substituents is 1. The van der Waals surface area contributed by atoms with Gasteiger partial charge in [-0.15, -0.1) is 0 Å². The van der Waals surface area contributed by atoms with Crippen LogP contribution in [-0.2, 0) is 17.9 Å². The number of ether oxygens (including phenoxy) is 3. The number of nitrogens with one attached hydrogen (secondary N) is 1. The molecular formula is C26H25N3O7. The lowest BCUT2D eigenvalue weighted by molar-refractivity contribution is -0.384. The number of amides is 2. The first-order valence-electron chi connectivity index (χ1n) is 11.1. The van der Waals surface area contributed by atoms with Crippen molar-refractivity contribution in [3.05, 3.63) is 87.5 Å². The predicted molar refractivity (Wildman–Crippen MR) is 131 cm³/mol. The molecule has 1 aliphatic heterocycles. The van der Waals surface area contributed by atoms with Gasteiger partial charge in [-0.3, -0.25) is 19.7 Å². The normalized spacial score (nSPS) is 14.8. The van der Waals surface area contributed by atoms with Gasteiger partial charge in [0.2, 0.25) is 0 Å². The van der Waals surface area contributed by atoms with Crippen molar-refractivity contribution in [2.24, 2.45) is 0 Å². The summed E-state index contributed by atoms with van der Waals surface area (Å²) >= 11 is 0. The first kappa shape index (κ1) is 24.5. The minimum Gasteiger partial charge on any atom is -0.497 e. The maximum atomic E-state index is 13.1. The number of benzene rings is 3. The van der Waals surface area contributed by atoms with Gasteiger partial charge in [0.25, 0.3) is 17.5 Å². The topological polar surface area (TPSA) is 120 Å². The highest BCUT2D eigenvalue weighted by Gasteiger charge is 2.29. The molecule has 0 aromatic heterocycles. The third-order valence-corrected chi connectivity index (χ3v) is 5.84. The van der Waals surface area contributed by atoms with Crippen molar-refractivity contribution >= 4 is 23.2 Å². The van der Waals surface area contributed by atoms with Crippen LogP contribution in [-0.4, -0.2) is 42.0 Å². The molecule has 10 nitrogen and oxygen atoms in total. The lowest BCUT2D eigenvalue weighted by Crippen LogP contribution is -2.37. The predicted octanol–water partition coefficient (Wildman–Crippen LogP) is 4.17. The van der Waals surface area contributed by atoms with Gasteiger partial charge in [-0.1, -0.05) is 0 Å². The molecule has 0 aliphatic carbocycles. The van der Waals surface area contributed by atoms with E-state index in [1.165, 1.54) is 24.3 Å². The van der Waals surface area contributed by atoms with Crippen LogP contribution in [0.1, 0.15) is 28.4 Å². The number of fused-ring (bicyclic) bond motifs is 1. The van der Waals surface area contributed by atoms with E-state index in [9.17, 15) is 19.7 Å². The summed E-state index contributed by atoms with van der Waals surface area (Å²) in [5.41, 5.74) is 2.22. The number of nitro groups is 1. The highest BCUT2D eigenvalue weighted by atomic mass is 16.6. The van der Waals surface area contributed by atoms with Crippen LogP contribution < -0.4 is 19.5 Å². The minimum absolute atomic E-state index is 0.0962. The molecule has 3 aromatic carbocycles. The highest BCUT2D eigenvalue weighted by molar-refractivity contribution is 6.04. The van der Waals surface area contributed by atoms with Crippen LogP contribution in [0.25, 0.3) is 0 Å². The standard InChI is InChI=1S/C26H25N3O7/c1-16-26(31)28(14-18-6-10-22(34-2)13-24(18)35-3)15-19-12-20(7-11-23(19)36-16)27-25(30)17-4-8-21(9-5-17)29(32)33/h4-13,16H,14-15H2,1-3H3,(H,27,30)/t16-/m0/s1. The molecule has 1 atom stereocenters. The van der Waals surface area contributed by atoms with E-state index in [1.54, 1.807) is 56.4 Å². The highest BCUT2D eigenvalue weighted by Crippen LogP contribution is 2.32. The average Bonchev–Trinajstić information content (AvgIpc) is 3.00. The number of rotatable bonds is 7. The van der Waals surface area contributed by atoms with Gasteiger partial charge in [0.15, 0.2) is 6.10 Å². The number of carbonyl (C=O) groups is 2. The van der Waals surface area contributed by atoms with Crippen molar-refractivity contribution < 1.29 is 28.7 Å². The molecule has 3 aromatic rings. The van der Waals surface area contributed by atoms with Crippen molar-refractivity contribution in [2.75, 3.05) is 19.5 Å². The molecule has 186 valence electrons. The van der Waals surface area contributed by atoms with Crippen molar-refractivity contribution in [2.45, 2.75) is 26.1 Å². The Bertz CT molecular complexity index is 1310. The fraction of sp³-hybridized carbons (Fsp3) is 0.231. The summed E-state index contributed by atoms with van der Waals surface area (Å²) in [5.74, 6) is 1.20. The molecule has 0 radical (unpaired) electrons. The van der Waals surface area contributed by atoms with Gasteiger partial charge in [-0.25, -0.2) is 0 Å². The number of nitrogens with zero attached hydrogens (tertiary/aromatic N) is 2. The quantitative estimate of drug-likeness (QED) is 0.389. The number of hydrogen-bond acceptors (Lipinski definition) is 7. The van der Waals surface area contributed by atoms with Crippen LogP contribution in [0.3, 0.4) is 0 Å². The molecule has 0 saturated carbocycles. The van der Waals surface area contributed by atoms with Gasteiger partial charge >= 0.3 is 0 Å². The Hall–Kier alpha value is -4.60. The van der Waals surface area contributed by atoms with E-state index in [1.807, 2.05) is 6.07 Å². The summed E-state index contributed by atoms with van der Waals surface area (Å²) in [4.78, 5) is 37.7. The Labute approximate surface area is 207 Å². The van der Waals surface area contributed by atoms with Gasteiger partial charge in [-0.05, 0) is 49.4 Å². The van der Waals surface area contributed by atoms with E-state index < -0.39 is 16.9 Å². The Kier molecular flexibility index (Phi) is 7.05. The van der Waals surface area contributed by atoms with E-state index in [4.69, 9.17) is 14.2 Å². The smallest absolute Gasteiger partial charge is 0.269 e. The lowest BCUT2D eigenvalue weighted by Gasteiger charge is -2.23. The van der Waals surface area contributed by atoms with Crippen LogP contribution in [0.5, 0.6) is 17.2 Å². The lowest BCUT2D eigenvalue weighted by atomic mass is 10.1. The second-order valence-electron chi connectivity index (χ2n) is 8.21. The minimum atomic E-state index is -0.698. The molecular weight excluding hydrogens is 466 g/mol. The van der Waals surface area contributed by atoms with E-state index in [2.05, 4.69) is 5.32 Å². The summed E-state index contributed by atoms with van der Waals surface area (Å²) in [7, 11) is 3.13. The zero-order valence-electron chi connectivity index (χ0n) is 20.0. The average molecular weight is 492 g/mol. The molecule has 2 amide bonds. The monoisotopic (exact) mass is 491 g/mol. The van der Waals surface area contributed by atoms with Crippen LogP contribution in [0.15, 0.2) is 60.7 Å². The van der Waals surface area contributed by atoms with Crippen molar-refractivity contribution in [1.29, 1.82) is 0 Å². The fourth-order valence-electron chi connectivity index (χ4n) is 3.94. The molecule has 0 saturated heterocycles. The molecule has 36 heavy (non-hydrogen) atoms. The van der Waals surface area contributed by atoms with Gasteiger partial charge < -0.3 is 24.4 Å². The van der Waals surface area contributed by atoms with E-state index in [-0.39, 0.29) is 23.7 Å². The van der Waals surface area contributed by atoms with Gasteiger partial charge in [0.1, 0.15) is 17.2 Å². The first-order valence-corrected chi connectivity index (χ1v) is 11.1. The summed E-state index contributed by atoms with van der Waals surface area (Å²) in [6.45, 7) is 2.24. The van der Waals surface area contributed by atoms with Crippen LogP contribution in [0, 0.1) is 10.1 Å². The van der Waals surface area contributed by atoms with Crippen LogP contribution >= 0.6 is 0 Å². The number of hydrogen-bond donors (Lipinski definition) is 1. The molecule has 0 fully saturated rings. The summed E-state index contributed by atoms with van der Waals surface area (Å²) in [6.07, 6.45) is -0.698. The summed E-state index contributed by atoms with van der Waals surface area (Å²) < 4.78 is 16.6. The van der Waals surface area contributed by atoms with E-state index in [0.717, 1.165) is 11.1 Å². The number of carbonyl (C=O) groups excluding carboxylic acids is 2. The molecule has 4 rings (SSSR count). The molecule has 1 heterocycles.